The van der Waals surface area contributed by atoms with Crippen molar-refractivity contribution >= 4 is 52.3 Å². The molecule has 0 radical (unpaired) electrons. The zero-order valence-corrected chi connectivity index (χ0v) is 23.3. The lowest BCUT2D eigenvalue weighted by molar-refractivity contribution is -0.384. The van der Waals surface area contributed by atoms with Gasteiger partial charge in [0.1, 0.15) is 5.69 Å². The average Bonchev–Trinajstić information content (AvgIpc) is 3.63. The van der Waals surface area contributed by atoms with Crippen LogP contribution in [-0.2, 0) is 0 Å². The number of nitrogens with zero attached hydrogens (tertiary/aromatic N) is 4. The van der Waals surface area contributed by atoms with Crippen molar-refractivity contribution in [3.8, 4) is 0 Å². The summed E-state index contributed by atoms with van der Waals surface area (Å²) in [6.45, 7) is 1.55. The fraction of sp³-hybridized carbons (Fsp3) is 0.290. The van der Waals surface area contributed by atoms with Crippen LogP contribution >= 0.6 is 23.2 Å². The van der Waals surface area contributed by atoms with Gasteiger partial charge in [-0.3, -0.25) is 14.9 Å². The van der Waals surface area contributed by atoms with E-state index in [1.165, 1.54) is 11.1 Å². The van der Waals surface area contributed by atoms with Crippen LogP contribution in [0.5, 0.6) is 0 Å². The van der Waals surface area contributed by atoms with E-state index in [4.69, 9.17) is 28.3 Å². The summed E-state index contributed by atoms with van der Waals surface area (Å²) in [6, 6.07) is 19.6. The van der Waals surface area contributed by atoms with E-state index in [0.29, 0.717) is 15.7 Å². The van der Waals surface area contributed by atoms with E-state index in [1.807, 2.05) is 53.4 Å². The number of allylic oxidation sites excluding steroid dienone is 1. The van der Waals surface area contributed by atoms with E-state index in [9.17, 15) is 14.9 Å². The van der Waals surface area contributed by atoms with Gasteiger partial charge >= 0.3 is 0 Å². The maximum atomic E-state index is 14.1. The Morgan fingerprint density at radius 1 is 0.950 bits per heavy atom. The van der Waals surface area contributed by atoms with Crippen molar-refractivity contribution in [3.05, 3.63) is 109 Å². The predicted molar refractivity (Wildman–Crippen MR) is 159 cm³/mol. The van der Waals surface area contributed by atoms with Crippen LogP contribution in [0.4, 0.5) is 11.4 Å². The van der Waals surface area contributed by atoms with Crippen molar-refractivity contribution in [2.75, 3.05) is 18.0 Å². The van der Waals surface area contributed by atoms with Gasteiger partial charge in [0.15, 0.2) is 0 Å². The molecule has 204 valence electrons. The highest BCUT2D eigenvalue weighted by atomic mass is 35.5. The van der Waals surface area contributed by atoms with E-state index in [0.717, 1.165) is 67.6 Å². The molecule has 1 saturated heterocycles. The fourth-order valence-electron chi connectivity index (χ4n) is 6.08. The number of amides is 1. The van der Waals surface area contributed by atoms with E-state index < -0.39 is 4.92 Å². The molecular formula is C31H28Cl2N4O3. The number of carbonyl (C=O) groups is 1. The maximum absolute atomic E-state index is 14.1. The quantitative estimate of drug-likeness (QED) is 0.229. The summed E-state index contributed by atoms with van der Waals surface area (Å²) < 4.78 is 0. The number of anilines is 1. The number of hydrazone groups is 1. The molecule has 2 fully saturated rings. The fourth-order valence-corrected chi connectivity index (χ4v) is 6.33. The number of nitro groups is 1. The molecule has 0 spiro atoms. The molecule has 6 rings (SSSR count). The molecular weight excluding hydrogens is 547 g/mol. The molecule has 0 bridgehead atoms. The Balaban J connectivity index is 1.41. The Kier molecular flexibility index (Phi) is 7.34. The van der Waals surface area contributed by atoms with Gasteiger partial charge in [0.05, 0.1) is 16.7 Å². The molecule has 1 amide bonds. The third-order valence-corrected chi connectivity index (χ3v) is 8.50. The topological polar surface area (TPSA) is 79.0 Å². The van der Waals surface area contributed by atoms with Crippen LogP contribution in [0, 0.1) is 16.0 Å². The maximum Gasteiger partial charge on any atom is 0.293 e. The second-order valence-corrected chi connectivity index (χ2v) is 11.4. The smallest absolute Gasteiger partial charge is 0.293 e. The van der Waals surface area contributed by atoms with Crippen LogP contribution < -0.4 is 4.90 Å². The number of fused-ring (bicyclic) bond motifs is 1. The van der Waals surface area contributed by atoms with Crippen LogP contribution in [-0.4, -0.2) is 34.6 Å². The highest BCUT2D eigenvalue weighted by molar-refractivity contribution is 6.30. The summed E-state index contributed by atoms with van der Waals surface area (Å²) in [6.07, 6.45) is 6.80. The van der Waals surface area contributed by atoms with Gasteiger partial charge in [-0.2, -0.15) is 5.10 Å². The number of rotatable bonds is 5. The van der Waals surface area contributed by atoms with Crippen LogP contribution in [0.25, 0.3) is 6.08 Å². The molecule has 2 heterocycles. The van der Waals surface area contributed by atoms with Crippen LogP contribution in [0.15, 0.2) is 77.4 Å². The number of hydrogen-bond acceptors (Lipinski definition) is 5. The number of halogens is 2. The van der Waals surface area contributed by atoms with Gasteiger partial charge in [-0.05, 0) is 91.3 Å². The summed E-state index contributed by atoms with van der Waals surface area (Å²) in [5.41, 5.74) is 4.67. The van der Waals surface area contributed by atoms with Crippen molar-refractivity contribution in [1.82, 2.24) is 5.01 Å². The summed E-state index contributed by atoms with van der Waals surface area (Å²) in [7, 11) is 0. The second kappa shape index (κ2) is 11.1. The minimum atomic E-state index is -0.399. The lowest BCUT2D eigenvalue weighted by Crippen LogP contribution is -2.32. The lowest BCUT2D eigenvalue weighted by Gasteiger charge is -2.29. The largest absolute Gasteiger partial charge is 0.366 e. The SMILES string of the molecule is O=C(c1ccc(N2CCCC2)c([N+](=O)[O-])c1)N1N=C2C(=Cc3ccc(Cl)cc3)CCCC2C1c1ccc(Cl)cc1. The molecule has 0 N–H and O–H groups in total. The van der Waals surface area contributed by atoms with Gasteiger partial charge in [-0.1, -0.05) is 47.5 Å². The highest BCUT2D eigenvalue weighted by Gasteiger charge is 2.44. The Hall–Kier alpha value is -3.68. The number of nitro benzene ring substituents is 1. The Bertz CT molecular complexity index is 1510. The van der Waals surface area contributed by atoms with Gasteiger partial charge in [0.25, 0.3) is 11.6 Å². The van der Waals surface area contributed by atoms with E-state index >= 15 is 0 Å². The summed E-state index contributed by atoms with van der Waals surface area (Å²) in [5.74, 6) is -0.361. The molecule has 1 aliphatic carbocycles. The zero-order chi connectivity index (χ0) is 27.8. The monoisotopic (exact) mass is 574 g/mol. The molecule has 2 aliphatic heterocycles. The molecule has 2 atom stereocenters. The molecule has 2 unspecified atom stereocenters. The first-order valence-electron chi connectivity index (χ1n) is 13.6. The van der Waals surface area contributed by atoms with Gasteiger partial charge in [0, 0.05) is 40.7 Å². The Morgan fingerprint density at radius 3 is 2.30 bits per heavy atom. The number of carbonyl (C=O) groups excluding carboxylic acids is 1. The molecule has 3 aromatic rings. The highest BCUT2D eigenvalue weighted by Crippen LogP contribution is 2.45. The molecule has 3 aromatic carbocycles. The third kappa shape index (κ3) is 5.11. The molecule has 40 heavy (non-hydrogen) atoms. The summed E-state index contributed by atoms with van der Waals surface area (Å²) in [4.78, 5) is 27.7. The van der Waals surface area contributed by atoms with E-state index in [-0.39, 0.29) is 29.1 Å². The predicted octanol–water partition coefficient (Wildman–Crippen LogP) is 7.94. The van der Waals surface area contributed by atoms with Crippen molar-refractivity contribution in [3.63, 3.8) is 0 Å². The van der Waals surface area contributed by atoms with E-state index in [1.54, 1.807) is 12.1 Å². The first-order valence-corrected chi connectivity index (χ1v) is 14.3. The standard InChI is InChI=1S/C31H28Cl2N4O3/c32-24-11-6-20(7-12-24)18-22-4-3-5-26-29(22)34-36(30(26)21-8-13-25(33)14-9-21)31(38)23-10-15-27(28(19-23)37(39)40)35-16-1-2-17-35/h6-15,18-19,26,30H,1-5,16-17H2. The van der Waals surface area contributed by atoms with Crippen molar-refractivity contribution < 1.29 is 9.72 Å². The van der Waals surface area contributed by atoms with Crippen LogP contribution in [0.1, 0.15) is 59.6 Å². The van der Waals surface area contributed by atoms with Gasteiger partial charge in [-0.15, -0.1) is 0 Å². The Morgan fingerprint density at radius 2 is 1.62 bits per heavy atom. The average molecular weight is 575 g/mol. The Labute approximate surface area is 242 Å². The minimum Gasteiger partial charge on any atom is -0.366 e. The second-order valence-electron chi connectivity index (χ2n) is 10.5. The van der Waals surface area contributed by atoms with Crippen molar-refractivity contribution in [1.29, 1.82) is 0 Å². The molecule has 9 heteroatoms. The van der Waals surface area contributed by atoms with Crippen LogP contribution in [0.3, 0.4) is 0 Å². The molecule has 7 nitrogen and oxygen atoms in total. The summed E-state index contributed by atoms with van der Waals surface area (Å²) >= 11 is 12.3. The number of benzene rings is 3. The lowest BCUT2D eigenvalue weighted by atomic mass is 9.77. The molecule has 1 saturated carbocycles. The van der Waals surface area contributed by atoms with Gasteiger partial charge in [0.2, 0.25) is 0 Å². The van der Waals surface area contributed by atoms with Crippen molar-refractivity contribution in [2.24, 2.45) is 11.0 Å². The zero-order valence-electron chi connectivity index (χ0n) is 21.8. The first-order chi connectivity index (χ1) is 19.4. The van der Waals surface area contributed by atoms with E-state index in [2.05, 4.69) is 6.08 Å². The normalized spacial score (nSPS) is 21.4. The van der Waals surface area contributed by atoms with Crippen LogP contribution in [0.2, 0.25) is 10.0 Å². The first kappa shape index (κ1) is 26.5. The molecule has 0 aromatic heterocycles. The third-order valence-electron chi connectivity index (χ3n) is 8.00. The van der Waals surface area contributed by atoms with Gasteiger partial charge < -0.3 is 4.90 Å². The summed E-state index contributed by atoms with van der Waals surface area (Å²) in [5, 5.41) is 19.8. The van der Waals surface area contributed by atoms with Gasteiger partial charge in [-0.25, -0.2) is 5.01 Å². The minimum absolute atomic E-state index is 0.00344. The molecule has 3 aliphatic rings. The number of hydrogen-bond donors (Lipinski definition) is 0. The van der Waals surface area contributed by atoms with Crippen molar-refractivity contribution in [2.45, 2.75) is 38.1 Å².